The molecule has 0 saturated carbocycles. The van der Waals surface area contributed by atoms with E-state index < -0.39 is 0 Å². The molecule has 3 aromatic carbocycles. The fourth-order valence-corrected chi connectivity index (χ4v) is 3.87. The predicted molar refractivity (Wildman–Crippen MR) is 176 cm³/mol. The molecule has 0 bridgehead atoms. The lowest BCUT2D eigenvalue weighted by atomic mass is 9.96. The summed E-state index contributed by atoms with van der Waals surface area (Å²) >= 11 is 0. The van der Waals surface area contributed by atoms with E-state index in [9.17, 15) is 4.79 Å². The van der Waals surface area contributed by atoms with Crippen LogP contribution in [0.1, 0.15) is 76.3 Å². The Morgan fingerprint density at radius 3 is 1.77 bits per heavy atom. The van der Waals surface area contributed by atoms with Gasteiger partial charge in [-0.3, -0.25) is 0 Å². The molecule has 2 nitrogen and oxygen atoms in total. The van der Waals surface area contributed by atoms with Crippen molar-refractivity contribution in [1.82, 2.24) is 0 Å². The molecule has 210 valence electrons. The molecule has 0 heterocycles. The quantitative estimate of drug-likeness (QED) is 0.175. The highest BCUT2D eigenvalue weighted by Gasteiger charge is 2.03. The van der Waals surface area contributed by atoms with Crippen molar-refractivity contribution < 1.29 is 4.79 Å². The highest BCUT2D eigenvalue weighted by Crippen LogP contribution is 2.23. The lowest BCUT2D eigenvalue weighted by Crippen LogP contribution is -1.89. The van der Waals surface area contributed by atoms with E-state index in [2.05, 4.69) is 102 Å². The molecule has 3 rings (SSSR count). The molecule has 0 fully saturated rings. The maximum Gasteiger partial charge on any atom is 0.123 e. The van der Waals surface area contributed by atoms with Crippen molar-refractivity contribution >= 4 is 17.7 Å². The van der Waals surface area contributed by atoms with Gasteiger partial charge < -0.3 is 5.41 Å². The zero-order valence-electron chi connectivity index (χ0n) is 25.8. The second kappa shape index (κ2) is 19.1. The number of hydrogen-bond donors (Lipinski definition) is 1. The molecule has 0 radical (unpaired) electrons. The highest BCUT2D eigenvalue weighted by atomic mass is 16.1. The Hall–Kier alpha value is -4.00. The summed E-state index contributed by atoms with van der Waals surface area (Å²) in [4.78, 5) is 10.1. The standard InChI is InChI=1S/C18H23N.C10H10O.C10H14/c1-13(2)10-17(11-15(4)16(5)12-19)18-9-7-6-8-14(18)3;1-9(8-11)7-10-5-3-2-4-6-10;1-3-9-6-5-7-10(4-2)8-9/h6-12,19H,1-5H3;2-6H,7H2,1H3;5-8H,3-4H2,1-2H3/b16-15+,17-11+,19-12?;;. The summed E-state index contributed by atoms with van der Waals surface area (Å²) in [6.45, 7) is 16.5. The Balaban J connectivity index is 0.000000323. The third kappa shape index (κ3) is 13.2. The highest BCUT2D eigenvalue weighted by molar-refractivity contribution is 5.82. The summed E-state index contributed by atoms with van der Waals surface area (Å²) < 4.78 is 0. The van der Waals surface area contributed by atoms with Gasteiger partial charge >= 0.3 is 0 Å². The Labute approximate surface area is 243 Å². The maximum atomic E-state index is 10.1. The summed E-state index contributed by atoms with van der Waals surface area (Å²) in [6.07, 6.45) is 8.77. The average molecular weight is 534 g/mol. The first-order valence-corrected chi connectivity index (χ1v) is 14.1. The molecule has 0 aliphatic rings. The van der Waals surface area contributed by atoms with Crippen LogP contribution in [0.5, 0.6) is 0 Å². The van der Waals surface area contributed by atoms with E-state index in [0.29, 0.717) is 6.42 Å². The number of allylic oxidation sites excluding steroid dienone is 7. The summed E-state index contributed by atoms with van der Waals surface area (Å²) in [6, 6.07) is 27.1. The monoisotopic (exact) mass is 533 g/mol. The Kier molecular flexibility index (Phi) is 16.3. The lowest BCUT2D eigenvalue weighted by molar-refractivity contribution is 0.566. The van der Waals surface area contributed by atoms with Gasteiger partial charge in [-0.05, 0) is 98.9 Å². The summed E-state index contributed by atoms with van der Waals surface area (Å²) in [5.74, 6) is 1.88. The van der Waals surface area contributed by atoms with Gasteiger partial charge in [-0.25, -0.2) is 4.79 Å². The van der Waals surface area contributed by atoms with E-state index in [1.54, 1.807) is 6.92 Å². The van der Waals surface area contributed by atoms with Crippen LogP contribution in [0.3, 0.4) is 0 Å². The van der Waals surface area contributed by atoms with Gasteiger partial charge in [-0.1, -0.05) is 110 Å². The fraction of sp³-hybridized carbons (Fsp3) is 0.289. The van der Waals surface area contributed by atoms with E-state index in [1.807, 2.05) is 43.2 Å². The number of hydrogen-bond acceptors (Lipinski definition) is 2. The molecule has 3 aromatic rings. The first kappa shape index (κ1) is 34.0. The van der Waals surface area contributed by atoms with Crippen molar-refractivity contribution in [1.29, 1.82) is 5.41 Å². The summed E-state index contributed by atoms with van der Waals surface area (Å²) in [5.41, 5.74) is 11.9. The van der Waals surface area contributed by atoms with Gasteiger partial charge in [0.2, 0.25) is 0 Å². The van der Waals surface area contributed by atoms with Crippen molar-refractivity contribution in [3.05, 3.63) is 141 Å². The van der Waals surface area contributed by atoms with E-state index >= 15 is 0 Å². The average Bonchev–Trinajstić information content (AvgIpc) is 2.97. The van der Waals surface area contributed by atoms with Gasteiger partial charge in [0.25, 0.3) is 0 Å². The van der Waals surface area contributed by atoms with Crippen LogP contribution in [0.2, 0.25) is 0 Å². The molecular formula is C38H47NO. The van der Waals surface area contributed by atoms with E-state index in [0.717, 1.165) is 35.1 Å². The first-order chi connectivity index (χ1) is 19.1. The molecule has 0 amide bonds. The Morgan fingerprint density at radius 1 is 0.725 bits per heavy atom. The molecule has 40 heavy (non-hydrogen) atoms. The van der Waals surface area contributed by atoms with Gasteiger partial charge in [-0.15, -0.1) is 0 Å². The Bertz CT molecular complexity index is 1330. The van der Waals surface area contributed by atoms with Gasteiger partial charge in [0.05, 0.1) is 0 Å². The number of aryl methyl sites for hydroxylation is 3. The normalized spacial score (nSPS) is 10.9. The largest absolute Gasteiger partial charge is 0.308 e. The zero-order chi connectivity index (χ0) is 29.9. The number of benzene rings is 3. The van der Waals surface area contributed by atoms with Gasteiger partial charge in [0.15, 0.2) is 0 Å². The fourth-order valence-electron chi connectivity index (χ4n) is 3.87. The molecule has 0 spiro atoms. The molecular weight excluding hydrogens is 486 g/mol. The van der Waals surface area contributed by atoms with Crippen LogP contribution >= 0.6 is 0 Å². The molecule has 0 aliphatic heterocycles. The zero-order valence-corrected chi connectivity index (χ0v) is 25.8. The first-order valence-electron chi connectivity index (χ1n) is 14.1. The van der Waals surface area contributed by atoms with Crippen LogP contribution in [0.15, 0.2) is 113 Å². The number of rotatable bonds is 8. The number of carbonyl (C=O) groups excluding carboxylic acids is 1. The maximum absolute atomic E-state index is 10.1. The van der Waals surface area contributed by atoms with Crippen LogP contribution < -0.4 is 0 Å². The molecule has 0 saturated heterocycles. The van der Waals surface area contributed by atoms with E-state index in [1.165, 1.54) is 39.6 Å². The van der Waals surface area contributed by atoms with Crippen molar-refractivity contribution in [2.24, 2.45) is 0 Å². The predicted octanol–water partition coefficient (Wildman–Crippen LogP) is 10.1. The second-order valence-corrected chi connectivity index (χ2v) is 10.2. The van der Waals surface area contributed by atoms with Crippen LogP contribution in [-0.2, 0) is 24.1 Å². The van der Waals surface area contributed by atoms with Crippen LogP contribution in [-0.4, -0.2) is 12.2 Å². The van der Waals surface area contributed by atoms with Crippen molar-refractivity contribution in [2.45, 2.75) is 74.7 Å². The topological polar surface area (TPSA) is 40.9 Å². The summed E-state index contributed by atoms with van der Waals surface area (Å²) in [5, 5.41) is 7.34. The molecule has 0 aromatic heterocycles. The molecule has 1 N–H and O–H groups in total. The van der Waals surface area contributed by atoms with Crippen LogP contribution in [0, 0.1) is 12.3 Å². The SMILES string of the molecule is CC(=C=O)Cc1ccccc1.CC(C)=C/C(=C\C(C)=C(/C)C=N)c1ccccc1C.CCc1cccc(CC)c1. The van der Waals surface area contributed by atoms with Crippen molar-refractivity contribution in [3.8, 4) is 0 Å². The van der Waals surface area contributed by atoms with Crippen molar-refractivity contribution in [2.75, 3.05) is 0 Å². The van der Waals surface area contributed by atoms with E-state index in [4.69, 9.17) is 5.41 Å². The molecule has 2 heteroatoms. The van der Waals surface area contributed by atoms with Crippen LogP contribution in [0.25, 0.3) is 5.57 Å². The molecule has 0 atom stereocenters. The second-order valence-electron chi connectivity index (χ2n) is 10.2. The third-order valence-electron chi connectivity index (χ3n) is 6.41. The smallest absolute Gasteiger partial charge is 0.123 e. The van der Waals surface area contributed by atoms with Gasteiger partial charge in [-0.2, -0.15) is 0 Å². The van der Waals surface area contributed by atoms with Gasteiger partial charge in [0, 0.05) is 18.2 Å². The summed E-state index contributed by atoms with van der Waals surface area (Å²) in [7, 11) is 0. The van der Waals surface area contributed by atoms with Gasteiger partial charge in [0.1, 0.15) is 5.94 Å². The minimum Gasteiger partial charge on any atom is -0.308 e. The van der Waals surface area contributed by atoms with Crippen molar-refractivity contribution in [3.63, 3.8) is 0 Å². The minimum atomic E-state index is 0.713. The lowest BCUT2D eigenvalue weighted by Gasteiger charge is -2.09. The molecule has 0 unspecified atom stereocenters. The molecule has 0 aliphatic carbocycles. The van der Waals surface area contributed by atoms with E-state index in [-0.39, 0.29) is 0 Å². The minimum absolute atomic E-state index is 0.713. The van der Waals surface area contributed by atoms with Crippen LogP contribution in [0.4, 0.5) is 0 Å². The third-order valence-corrected chi connectivity index (χ3v) is 6.41. The Morgan fingerprint density at radius 2 is 1.27 bits per heavy atom. The number of nitrogens with one attached hydrogen (secondary N) is 1.